The highest BCUT2D eigenvalue weighted by atomic mass is 16.6. The Kier molecular flexibility index (Phi) is 2.24. The number of esters is 1. The van der Waals surface area contributed by atoms with Gasteiger partial charge in [-0.3, -0.25) is 4.79 Å². The van der Waals surface area contributed by atoms with Crippen LogP contribution >= 0.6 is 0 Å². The van der Waals surface area contributed by atoms with Crippen LogP contribution in [0.3, 0.4) is 0 Å². The maximum atomic E-state index is 10.5. The van der Waals surface area contributed by atoms with Crippen molar-refractivity contribution >= 4 is 5.97 Å². The van der Waals surface area contributed by atoms with Crippen molar-refractivity contribution in [3.05, 3.63) is 0 Å². The van der Waals surface area contributed by atoms with Crippen LogP contribution in [-0.4, -0.2) is 35.0 Å². The zero-order valence-electron chi connectivity index (χ0n) is 5.49. The first-order valence-electron chi connectivity index (χ1n) is 3.20. The summed E-state index contributed by atoms with van der Waals surface area (Å²) in [4.78, 5) is 10.5. The quantitative estimate of drug-likeness (QED) is 0.468. The van der Waals surface area contributed by atoms with Crippen molar-refractivity contribution in [3.63, 3.8) is 0 Å². The Morgan fingerprint density at radius 3 is 2.90 bits per heavy atom. The van der Waals surface area contributed by atoms with Gasteiger partial charge in [0, 0.05) is 6.42 Å². The molecule has 0 aromatic heterocycles. The molecule has 2 N–H and O–H groups in total. The molecule has 1 rings (SSSR count). The Labute approximate surface area is 58.4 Å². The van der Waals surface area contributed by atoms with Crippen molar-refractivity contribution < 1.29 is 19.7 Å². The van der Waals surface area contributed by atoms with E-state index in [1.807, 2.05) is 0 Å². The second-order valence-electron chi connectivity index (χ2n) is 2.39. The van der Waals surface area contributed by atoms with E-state index in [2.05, 4.69) is 4.74 Å². The van der Waals surface area contributed by atoms with Gasteiger partial charge in [0.25, 0.3) is 0 Å². The Morgan fingerprint density at radius 2 is 2.40 bits per heavy atom. The van der Waals surface area contributed by atoms with Gasteiger partial charge in [0.2, 0.25) is 0 Å². The van der Waals surface area contributed by atoms with Crippen LogP contribution in [0.25, 0.3) is 0 Å². The van der Waals surface area contributed by atoms with E-state index in [4.69, 9.17) is 10.2 Å². The number of aliphatic hydroxyl groups excluding tert-OH is 2. The molecule has 1 fully saturated rings. The molecule has 1 aliphatic rings. The van der Waals surface area contributed by atoms with Crippen molar-refractivity contribution in [1.29, 1.82) is 0 Å². The summed E-state index contributed by atoms with van der Waals surface area (Å²) in [5, 5.41) is 17.5. The molecule has 4 heteroatoms. The van der Waals surface area contributed by atoms with E-state index in [-0.39, 0.29) is 13.0 Å². The highest BCUT2D eigenvalue weighted by molar-refractivity contribution is 5.70. The van der Waals surface area contributed by atoms with Crippen molar-refractivity contribution in [2.45, 2.75) is 25.0 Å². The number of carbonyl (C=O) groups excluding carboxylic acids is 1. The van der Waals surface area contributed by atoms with Gasteiger partial charge in [-0.15, -0.1) is 0 Å². The van der Waals surface area contributed by atoms with Gasteiger partial charge < -0.3 is 14.9 Å². The van der Waals surface area contributed by atoms with Gasteiger partial charge in [0.1, 0.15) is 6.10 Å². The largest absolute Gasteiger partial charge is 0.460 e. The van der Waals surface area contributed by atoms with Gasteiger partial charge in [-0.25, -0.2) is 0 Å². The summed E-state index contributed by atoms with van der Waals surface area (Å²) < 4.78 is 4.66. The smallest absolute Gasteiger partial charge is 0.308 e. The highest BCUT2D eigenvalue weighted by Gasteiger charge is 2.26. The fraction of sp³-hybridized carbons (Fsp3) is 0.833. The van der Waals surface area contributed by atoms with E-state index in [1.54, 1.807) is 0 Å². The lowest BCUT2D eigenvalue weighted by atomic mass is 10.1. The van der Waals surface area contributed by atoms with Crippen molar-refractivity contribution in [3.8, 4) is 0 Å². The predicted octanol–water partition coefficient (Wildman–Crippen LogP) is -0.955. The van der Waals surface area contributed by atoms with Crippen LogP contribution < -0.4 is 0 Å². The summed E-state index contributed by atoms with van der Waals surface area (Å²) in [6.07, 6.45) is -0.742. The second-order valence-corrected chi connectivity index (χ2v) is 2.39. The van der Waals surface area contributed by atoms with Gasteiger partial charge in [-0.2, -0.15) is 0 Å². The third-order valence-electron chi connectivity index (χ3n) is 1.44. The summed E-state index contributed by atoms with van der Waals surface area (Å²) in [6.45, 7) is -0.206. The molecule has 2 atom stereocenters. The normalized spacial score (nSPS) is 33.6. The Bertz CT molecular complexity index is 134. The standard InChI is InChI=1S/C6H10O4/c7-3-5-1-4(8)2-6(9)10-5/h4-5,7-8H,1-3H2/t4-,5-/m1/s1. The molecule has 0 bridgehead atoms. The Balaban J connectivity index is 2.42. The lowest BCUT2D eigenvalue weighted by Crippen LogP contribution is -2.34. The number of hydrogen-bond acceptors (Lipinski definition) is 4. The SMILES string of the molecule is O=C1C[C@H](O)C[C@H](CO)O1. The topological polar surface area (TPSA) is 66.8 Å². The van der Waals surface area contributed by atoms with Gasteiger partial charge in [0.15, 0.2) is 0 Å². The molecule has 10 heavy (non-hydrogen) atoms. The minimum atomic E-state index is -0.640. The lowest BCUT2D eigenvalue weighted by Gasteiger charge is -2.23. The van der Waals surface area contributed by atoms with Gasteiger partial charge in [0.05, 0.1) is 19.1 Å². The van der Waals surface area contributed by atoms with Crippen LogP contribution in [-0.2, 0) is 9.53 Å². The summed E-state index contributed by atoms with van der Waals surface area (Å²) in [6, 6.07) is 0. The molecule has 0 radical (unpaired) electrons. The van der Waals surface area contributed by atoms with E-state index in [0.717, 1.165) is 0 Å². The average Bonchev–Trinajstić information content (AvgIpc) is 1.85. The number of cyclic esters (lactones) is 1. The summed E-state index contributed by atoms with van der Waals surface area (Å²) >= 11 is 0. The van der Waals surface area contributed by atoms with Crippen molar-refractivity contribution in [2.75, 3.05) is 6.61 Å². The predicted molar refractivity (Wildman–Crippen MR) is 32.2 cm³/mol. The van der Waals surface area contributed by atoms with Crippen LogP contribution in [0.2, 0.25) is 0 Å². The van der Waals surface area contributed by atoms with E-state index in [1.165, 1.54) is 0 Å². The molecule has 58 valence electrons. The third-order valence-corrected chi connectivity index (χ3v) is 1.44. The molecule has 0 aliphatic carbocycles. The fourth-order valence-electron chi connectivity index (χ4n) is 0.973. The van der Waals surface area contributed by atoms with Crippen LogP contribution in [0, 0.1) is 0 Å². The first kappa shape index (κ1) is 7.50. The zero-order chi connectivity index (χ0) is 7.56. The molecule has 1 heterocycles. The minimum Gasteiger partial charge on any atom is -0.460 e. The molecule has 0 aromatic rings. The Morgan fingerprint density at radius 1 is 1.70 bits per heavy atom. The van der Waals surface area contributed by atoms with Crippen LogP contribution in [0.1, 0.15) is 12.8 Å². The van der Waals surface area contributed by atoms with Crippen molar-refractivity contribution in [1.82, 2.24) is 0 Å². The van der Waals surface area contributed by atoms with E-state index in [0.29, 0.717) is 6.42 Å². The zero-order valence-corrected chi connectivity index (χ0v) is 5.49. The van der Waals surface area contributed by atoms with E-state index >= 15 is 0 Å². The number of hydrogen-bond donors (Lipinski definition) is 2. The van der Waals surface area contributed by atoms with Crippen LogP contribution in [0.15, 0.2) is 0 Å². The molecule has 4 nitrogen and oxygen atoms in total. The maximum absolute atomic E-state index is 10.5. The first-order valence-corrected chi connectivity index (χ1v) is 3.20. The number of aliphatic hydroxyl groups is 2. The van der Waals surface area contributed by atoms with E-state index in [9.17, 15) is 4.79 Å². The lowest BCUT2D eigenvalue weighted by molar-refractivity contribution is -0.162. The fourth-order valence-corrected chi connectivity index (χ4v) is 0.973. The molecular weight excluding hydrogens is 136 g/mol. The minimum absolute atomic E-state index is 0.0521. The molecular formula is C6H10O4. The molecule has 0 unspecified atom stereocenters. The van der Waals surface area contributed by atoms with Crippen molar-refractivity contribution in [2.24, 2.45) is 0 Å². The van der Waals surface area contributed by atoms with Crippen LogP contribution in [0.4, 0.5) is 0 Å². The highest BCUT2D eigenvalue weighted by Crippen LogP contribution is 2.13. The first-order chi connectivity index (χ1) is 4.72. The average molecular weight is 146 g/mol. The Hall–Kier alpha value is -0.610. The van der Waals surface area contributed by atoms with Gasteiger partial charge in [-0.05, 0) is 0 Å². The third kappa shape index (κ3) is 1.68. The molecule has 1 saturated heterocycles. The summed E-state index contributed by atoms with van der Waals surface area (Å²) in [5.41, 5.74) is 0. The summed E-state index contributed by atoms with van der Waals surface area (Å²) in [5.74, 6) is -0.433. The van der Waals surface area contributed by atoms with Gasteiger partial charge in [-0.1, -0.05) is 0 Å². The molecule has 0 spiro atoms. The maximum Gasteiger partial charge on any atom is 0.308 e. The molecule has 0 amide bonds. The molecule has 1 aliphatic heterocycles. The van der Waals surface area contributed by atoms with Crippen LogP contribution in [0.5, 0.6) is 0 Å². The molecule has 0 aromatic carbocycles. The number of ether oxygens (including phenoxy) is 1. The number of rotatable bonds is 1. The summed E-state index contributed by atoms with van der Waals surface area (Å²) in [7, 11) is 0. The van der Waals surface area contributed by atoms with Gasteiger partial charge >= 0.3 is 5.97 Å². The molecule has 0 saturated carbocycles. The van der Waals surface area contributed by atoms with E-state index < -0.39 is 18.2 Å². The number of carbonyl (C=O) groups is 1. The monoisotopic (exact) mass is 146 g/mol. The second kappa shape index (κ2) is 2.98.